The first kappa shape index (κ1) is 16.6. The van der Waals surface area contributed by atoms with Crippen LogP contribution in [0, 0.1) is 0 Å². The zero-order valence-corrected chi connectivity index (χ0v) is 14.1. The van der Waals surface area contributed by atoms with Gasteiger partial charge in [0.15, 0.2) is 0 Å². The molecule has 1 aliphatic rings. The third-order valence-corrected chi connectivity index (χ3v) is 5.10. The van der Waals surface area contributed by atoms with Crippen LogP contribution in [0.2, 0.25) is 0 Å². The van der Waals surface area contributed by atoms with Gasteiger partial charge in [-0.05, 0) is 55.6 Å². The predicted octanol–water partition coefficient (Wildman–Crippen LogP) is 3.21. The Morgan fingerprint density at radius 2 is 1.95 bits per heavy atom. The SMILES string of the molecule is CC(C)c1cc(S(=O)(=O)Cl)ccc1OCCN1CCCC1. The molecule has 0 saturated carbocycles. The van der Waals surface area contributed by atoms with Crippen LogP contribution in [0.25, 0.3) is 0 Å². The van der Waals surface area contributed by atoms with Crippen LogP contribution < -0.4 is 4.74 Å². The molecular formula is C15H22ClNO3S. The number of halogens is 1. The monoisotopic (exact) mass is 331 g/mol. The van der Waals surface area contributed by atoms with E-state index in [0.717, 1.165) is 30.9 Å². The second-order valence-electron chi connectivity index (χ2n) is 5.69. The zero-order chi connectivity index (χ0) is 15.5. The number of benzene rings is 1. The molecule has 4 nitrogen and oxygen atoms in total. The molecule has 0 amide bonds. The molecule has 0 spiro atoms. The summed E-state index contributed by atoms with van der Waals surface area (Å²) in [6.07, 6.45) is 2.53. The number of rotatable bonds is 6. The molecule has 0 N–H and O–H groups in total. The number of likely N-dealkylation sites (tertiary alicyclic amines) is 1. The fourth-order valence-corrected chi connectivity index (χ4v) is 3.34. The quantitative estimate of drug-likeness (QED) is 0.751. The van der Waals surface area contributed by atoms with Crippen LogP contribution in [0.15, 0.2) is 23.1 Å². The fourth-order valence-electron chi connectivity index (χ4n) is 2.55. The predicted molar refractivity (Wildman–Crippen MR) is 84.7 cm³/mol. The Bertz CT molecular complexity index is 581. The minimum Gasteiger partial charge on any atom is -0.492 e. The third-order valence-electron chi connectivity index (χ3n) is 3.75. The number of ether oxygens (including phenoxy) is 1. The second kappa shape index (κ2) is 6.99. The van der Waals surface area contributed by atoms with E-state index in [1.54, 1.807) is 12.1 Å². The van der Waals surface area contributed by atoms with E-state index >= 15 is 0 Å². The summed E-state index contributed by atoms with van der Waals surface area (Å²) < 4.78 is 28.7. The Morgan fingerprint density at radius 3 is 2.52 bits per heavy atom. The summed E-state index contributed by atoms with van der Waals surface area (Å²) in [6.45, 7) is 7.83. The van der Waals surface area contributed by atoms with Crippen LogP contribution in [0.1, 0.15) is 38.2 Å². The average molecular weight is 332 g/mol. The van der Waals surface area contributed by atoms with Crippen molar-refractivity contribution in [2.24, 2.45) is 0 Å². The molecule has 1 fully saturated rings. The molecule has 0 bridgehead atoms. The van der Waals surface area contributed by atoms with Crippen LogP contribution in [-0.4, -0.2) is 39.6 Å². The van der Waals surface area contributed by atoms with Crippen molar-refractivity contribution in [1.29, 1.82) is 0 Å². The van der Waals surface area contributed by atoms with Gasteiger partial charge in [0.25, 0.3) is 9.05 Å². The number of nitrogens with zero attached hydrogens (tertiary/aromatic N) is 1. The van der Waals surface area contributed by atoms with Gasteiger partial charge in [0.2, 0.25) is 0 Å². The van der Waals surface area contributed by atoms with Gasteiger partial charge in [-0.2, -0.15) is 0 Å². The van der Waals surface area contributed by atoms with Crippen molar-refractivity contribution in [2.75, 3.05) is 26.2 Å². The van der Waals surface area contributed by atoms with Crippen LogP contribution >= 0.6 is 10.7 Å². The lowest BCUT2D eigenvalue weighted by molar-refractivity contribution is 0.236. The maximum atomic E-state index is 11.4. The first-order valence-electron chi connectivity index (χ1n) is 7.31. The van der Waals surface area contributed by atoms with Crippen LogP contribution in [0.3, 0.4) is 0 Å². The minimum atomic E-state index is -3.70. The van der Waals surface area contributed by atoms with Gasteiger partial charge in [-0.1, -0.05) is 13.8 Å². The van der Waals surface area contributed by atoms with Crippen molar-refractivity contribution in [1.82, 2.24) is 4.90 Å². The average Bonchev–Trinajstić information content (AvgIpc) is 2.90. The smallest absolute Gasteiger partial charge is 0.261 e. The van der Waals surface area contributed by atoms with Crippen molar-refractivity contribution < 1.29 is 13.2 Å². The molecule has 1 saturated heterocycles. The van der Waals surface area contributed by atoms with E-state index < -0.39 is 9.05 Å². The van der Waals surface area contributed by atoms with Gasteiger partial charge in [0.05, 0.1) is 4.90 Å². The molecule has 1 aromatic rings. The van der Waals surface area contributed by atoms with Crippen molar-refractivity contribution in [3.63, 3.8) is 0 Å². The van der Waals surface area contributed by atoms with Crippen LogP contribution in [-0.2, 0) is 9.05 Å². The van der Waals surface area contributed by atoms with E-state index in [1.807, 2.05) is 13.8 Å². The molecule has 1 heterocycles. The molecule has 1 aliphatic heterocycles. The van der Waals surface area contributed by atoms with Gasteiger partial charge in [-0.25, -0.2) is 8.42 Å². The van der Waals surface area contributed by atoms with Gasteiger partial charge in [-0.3, -0.25) is 4.90 Å². The van der Waals surface area contributed by atoms with E-state index in [4.69, 9.17) is 15.4 Å². The maximum absolute atomic E-state index is 11.4. The highest BCUT2D eigenvalue weighted by molar-refractivity contribution is 8.13. The van der Waals surface area contributed by atoms with Gasteiger partial charge >= 0.3 is 0 Å². The van der Waals surface area contributed by atoms with Crippen molar-refractivity contribution in [3.8, 4) is 5.75 Å². The Hall–Kier alpha value is -0.780. The fraction of sp³-hybridized carbons (Fsp3) is 0.600. The summed E-state index contributed by atoms with van der Waals surface area (Å²) in [4.78, 5) is 2.51. The van der Waals surface area contributed by atoms with E-state index in [-0.39, 0.29) is 10.8 Å². The Labute approximate surface area is 131 Å². The summed E-state index contributed by atoms with van der Waals surface area (Å²) in [5, 5.41) is 0. The molecular weight excluding hydrogens is 310 g/mol. The lowest BCUT2D eigenvalue weighted by Crippen LogP contribution is -2.25. The number of hydrogen-bond acceptors (Lipinski definition) is 4. The Kier molecular flexibility index (Phi) is 5.52. The van der Waals surface area contributed by atoms with Gasteiger partial charge in [-0.15, -0.1) is 0 Å². The molecule has 0 unspecified atom stereocenters. The minimum absolute atomic E-state index is 0.125. The van der Waals surface area contributed by atoms with Crippen molar-refractivity contribution in [2.45, 2.75) is 37.5 Å². The first-order chi connectivity index (χ1) is 9.88. The standard InChI is InChI=1S/C15H22ClNO3S/c1-12(2)14-11-13(21(16,18)19)5-6-15(14)20-10-9-17-7-3-4-8-17/h5-6,11-12H,3-4,7-10H2,1-2H3. The highest BCUT2D eigenvalue weighted by Crippen LogP contribution is 2.30. The van der Waals surface area contributed by atoms with E-state index in [2.05, 4.69) is 4.90 Å². The van der Waals surface area contributed by atoms with Crippen molar-refractivity contribution >= 4 is 19.7 Å². The van der Waals surface area contributed by atoms with Crippen LogP contribution in [0.5, 0.6) is 5.75 Å². The van der Waals surface area contributed by atoms with E-state index in [0.29, 0.717) is 6.61 Å². The van der Waals surface area contributed by atoms with Crippen LogP contribution in [0.4, 0.5) is 0 Å². The normalized spacial score (nSPS) is 16.6. The molecule has 0 radical (unpaired) electrons. The molecule has 0 aliphatic carbocycles. The van der Waals surface area contributed by atoms with Crippen molar-refractivity contribution in [3.05, 3.63) is 23.8 Å². The summed E-state index contributed by atoms with van der Waals surface area (Å²) in [7, 11) is 1.70. The van der Waals surface area contributed by atoms with Gasteiger partial charge in [0, 0.05) is 17.2 Å². The highest BCUT2D eigenvalue weighted by Gasteiger charge is 2.16. The van der Waals surface area contributed by atoms with Gasteiger partial charge < -0.3 is 4.74 Å². The molecule has 1 aromatic carbocycles. The lowest BCUT2D eigenvalue weighted by Gasteiger charge is -2.18. The summed E-state index contributed by atoms with van der Waals surface area (Å²) in [6, 6.07) is 4.81. The third kappa shape index (κ3) is 4.59. The second-order valence-corrected chi connectivity index (χ2v) is 8.26. The molecule has 6 heteroatoms. The maximum Gasteiger partial charge on any atom is 0.261 e. The van der Waals surface area contributed by atoms with E-state index in [1.165, 1.54) is 18.9 Å². The summed E-state index contributed by atoms with van der Waals surface area (Å²) in [5.74, 6) is 0.915. The highest BCUT2D eigenvalue weighted by atomic mass is 35.7. The Morgan fingerprint density at radius 1 is 1.29 bits per heavy atom. The molecule has 0 aromatic heterocycles. The molecule has 2 rings (SSSR count). The molecule has 0 atom stereocenters. The van der Waals surface area contributed by atoms with Gasteiger partial charge in [0.1, 0.15) is 12.4 Å². The number of hydrogen-bond donors (Lipinski definition) is 0. The molecule has 21 heavy (non-hydrogen) atoms. The summed E-state index contributed by atoms with van der Waals surface area (Å²) >= 11 is 0. The molecule has 118 valence electrons. The topological polar surface area (TPSA) is 46.6 Å². The Balaban J connectivity index is 2.07. The largest absolute Gasteiger partial charge is 0.492 e. The van der Waals surface area contributed by atoms with E-state index in [9.17, 15) is 8.42 Å². The summed E-state index contributed by atoms with van der Waals surface area (Å²) in [5.41, 5.74) is 0.873. The lowest BCUT2D eigenvalue weighted by atomic mass is 10.0. The zero-order valence-electron chi connectivity index (χ0n) is 12.5. The first-order valence-corrected chi connectivity index (χ1v) is 9.62.